The highest BCUT2D eigenvalue weighted by Gasteiger charge is 2.49. The Morgan fingerprint density at radius 3 is 2.58 bits per heavy atom. The fraction of sp³-hybridized carbons (Fsp3) is 0.471. The van der Waals surface area contributed by atoms with Gasteiger partial charge < -0.3 is 10.1 Å². The molecule has 6 nitrogen and oxygen atoms in total. The van der Waals surface area contributed by atoms with Crippen LogP contribution in [0.15, 0.2) is 24.3 Å². The normalized spacial score (nSPS) is 25.0. The van der Waals surface area contributed by atoms with E-state index in [1.54, 1.807) is 0 Å². The van der Waals surface area contributed by atoms with E-state index in [1.165, 1.54) is 24.3 Å². The molecule has 1 aliphatic carbocycles. The summed E-state index contributed by atoms with van der Waals surface area (Å²) < 4.78 is 45.4. The second kappa shape index (κ2) is 6.62. The molecule has 3 atom stereocenters. The van der Waals surface area contributed by atoms with E-state index in [0.29, 0.717) is 11.3 Å². The van der Waals surface area contributed by atoms with E-state index in [0.717, 1.165) is 0 Å². The predicted molar refractivity (Wildman–Crippen MR) is 85.2 cm³/mol. The van der Waals surface area contributed by atoms with Crippen LogP contribution in [0.5, 0.6) is 0 Å². The van der Waals surface area contributed by atoms with Gasteiger partial charge in [-0.1, -0.05) is 19.1 Å². The van der Waals surface area contributed by atoms with Gasteiger partial charge in [0.2, 0.25) is 5.91 Å². The minimum absolute atomic E-state index is 0.0819. The van der Waals surface area contributed by atoms with E-state index >= 15 is 0 Å². The molecule has 26 heavy (non-hydrogen) atoms. The standard InChI is InChI=1S/C17H17F3N2O4/c1-9-6-10(9)16(25)26-8-15(24)22-12-5-3-2-4-11(12)21-14(23)7-13(22)17(18,19)20/h2-5,9-10,13H,6-8H2,1H3,(H,21,23)/t9-,10-,13-/m1/s1. The Morgan fingerprint density at radius 1 is 1.31 bits per heavy atom. The molecule has 0 unspecified atom stereocenters. The van der Waals surface area contributed by atoms with Gasteiger partial charge >= 0.3 is 12.1 Å². The topological polar surface area (TPSA) is 75.7 Å². The third-order valence-electron chi connectivity index (χ3n) is 4.52. The zero-order chi connectivity index (χ0) is 19.1. The minimum Gasteiger partial charge on any atom is -0.455 e. The Balaban J connectivity index is 1.87. The summed E-state index contributed by atoms with van der Waals surface area (Å²) in [6.45, 7) is 1.03. The third kappa shape index (κ3) is 3.66. The van der Waals surface area contributed by atoms with E-state index in [9.17, 15) is 27.6 Å². The van der Waals surface area contributed by atoms with Crippen LogP contribution in [-0.4, -0.2) is 36.6 Å². The van der Waals surface area contributed by atoms with Gasteiger partial charge in [0, 0.05) is 0 Å². The fourth-order valence-electron chi connectivity index (χ4n) is 2.96. The number of esters is 1. The molecule has 2 amide bonds. The van der Waals surface area contributed by atoms with Crippen LogP contribution in [0.4, 0.5) is 24.5 Å². The van der Waals surface area contributed by atoms with E-state index in [1.807, 2.05) is 6.92 Å². The van der Waals surface area contributed by atoms with Crippen molar-refractivity contribution in [1.29, 1.82) is 0 Å². The average Bonchev–Trinajstić information content (AvgIpc) is 3.31. The number of nitrogens with one attached hydrogen (secondary N) is 1. The number of nitrogens with zero attached hydrogens (tertiary/aromatic N) is 1. The number of carbonyl (C=O) groups is 3. The van der Waals surface area contributed by atoms with Gasteiger partial charge in [0.15, 0.2) is 6.61 Å². The van der Waals surface area contributed by atoms with Crippen molar-refractivity contribution in [3.05, 3.63) is 24.3 Å². The van der Waals surface area contributed by atoms with Crippen molar-refractivity contribution in [1.82, 2.24) is 0 Å². The number of amides is 2. The molecule has 1 saturated carbocycles. The summed E-state index contributed by atoms with van der Waals surface area (Å²) in [7, 11) is 0. The van der Waals surface area contributed by atoms with Crippen LogP contribution >= 0.6 is 0 Å². The number of fused-ring (bicyclic) bond motifs is 1. The highest BCUT2D eigenvalue weighted by atomic mass is 19.4. The van der Waals surface area contributed by atoms with Gasteiger partial charge in [-0.25, -0.2) is 0 Å². The molecule has 1 aromatic rings. The third-order valence-corrected chi connectivity index (χ3v) is 4.52. The quantitative estimate of drug-likeness (QED) is 0.830. The van der Waals surface area contributed by atoms with E-state index < -0.39 is 43.0 Å². The molecule has 1 N–H and O–H groups in total. The van der Waals surface area contributed by atoms with Gasteiger partial charge in [0.05, 0.1) is 23.7 Å². The van der Waals surface area contributed by atoms with Crippen molar-refractivity contribution in [2.24, 2.45) is 11.8 Å². The van der Waals surface area contributed by atoms with E-state index in [2.05, 4.69) is 5.32 Å². The number of hydrogen-bond acceptors (Lipinski definition) is 4. The Morgan fingerprint density at radius 2 is 1.96 bits per heavy atom. The lowest BCUT2D eigenvalue weighted by Gasteiger charge is -2.31. The highest BCUT2D eigenvalue weighted by Crippen LogP contribution is 2.39. The number of anilines is 2. The molecule has 0 radical (unpaired) electrons. The average molecular weight is 370 g/mol. The van der Waals surface area contributed by atoms with Crippen LogP contribution in [0.3, 0.4) is 0 Å². The lowest BCUT2D eigenvalue weighted by molar-refractivity contribution is -0.160. The first-order valence-electron chi connectivity index (χ1n) is 8.12. The maximum absolute atomic E-state index is 13.5. The van der Waals surface area contributed by atoms with Crippen molar-refractivity contribution in [3.63, 3.8) is 0 Å². The summed E-state index contributed by atoms with van der Waals surface area (Å²) in [5.74, 6) is -2.62. The van der Waals surface area contributed by atoms with E-state index in [-0.39, 0.29) is 23.2 Å². The molecule has 1 aliphatic heterocycles. The molecule has 0 saturated heterocycles. The largest absolute Gasteiger partial charge is 0.455 e. The van der Waals surface area contributed by atoms with Gasteiger partial charge in [-0.05, 0) is 24.5 Å². The first kappa shape index (κ1) is 18.2. The summed E-state index contributed by atoms with van der Waals surface area (Å²) in [6, 6.07) is 3.37. The van der Waals surface area contributed by atoms with E-state index in [4.69, 9.17) is 4.74 Å². The zero-order valence-corrected chi connectivity index (χ0v) is 13.9. The number of para-hydroxylation sites is 2. The molecule has 1 aromatic carbocycles. The maximum atomic E-state index is 13.5. The molecule has 2 aliphatic rings. The number of carbonyl (C=O) groups excluding carboxylic acids is 3. The van der Waals surface area contributed by atoms with Crippen LogP contribution in [0.2, 0.25) is 0 Å². The summed E-state index contributed by atoms with van der Waals surface area (Å²) in [5.41, 5.74) is 0.0151. The van der Waals surface area contributed by atoms with Crippen molar-refractivity contribution < 1.29 is 32.3 Å². The Labute approximate surface area is 147 Å². The predicted octanol–water partition coefficient (Wildman–Crippen LogP) is 2.49. The number of hydrogen-bond donors (Lipinski definition) is 1. The number of rotatable bonds is 3. The Kier molecular flexibility index (Phi) is 4.64. The van der Waals surface area contributed by atoms with Crippen LogP contribution in [0, 0.1) is 11.8 Å². The summed E-state index contributed by atoms with van der Waals surface area (Å²) in [5, 5.41) is 2.37. The van der Waals surface area contributed by atoms with Crippen molar-refractivity contribution in [3.8, 4) is 0 Å². The van der Waals surface area contributed by atoms with Crippen molar-refractivity contribution in [2.75, 3.05) is 16.8 Å². The fourth-order valence-corrected chi connectivity index (χ4v) is 2.96. The molecular weight excluding hydrogens is 353 g/mol. The summed E-state index contributed by atoms with van der Waals surface area (Å²) >= 11 is 0. The Bertz CT molecular complexity index is 750. The number of benzene rings is 1. The SMILES string of the molecule is C[C@@H]1C[C@H]1C(=O)OCC(=O)N1c2ccccc2NC(=O)C[C@@H]1C(F)(F)F. The smallest absolute Gasteiger partial charge is 0.409 e. The number of alkyl halides is 3. The Hall–Kier alpha value is -2.58. The van der Waals surface area contributed by atoms with Gasteiger partial charge in [-0.2, -0.15) is 13.2 Å². The maximum Gasteiger partial charge on any atom is 0.409 e. The summed E-state index contributed by atoms with van der Waals surface area (Å²) in [4.78, 5) is 36.6. The van der Waals surface area contributed by atoms with Crippen LogP contribution in [0.1, 0.15) is 19.8 Å². The number of ether oxygens (including phenoxy) is 1. The molecule has 3 rings (SSSR count). The van der Waals surface area contributed by atoms with Crippen LogP contribution in [0.25, 0.3) is 0 Å². The molecular formula is C17H17F3N2O4. The van der Waals surface area contributed by atoms with Gasteiger partial charge in [0.1, 0.15) is 6.04 Å². The van der Waals surface area contributed by atoms with Gasteiger partial charge in [0.25, 0.3) is 5.91 Å². The monoisotopic (exact) mass is 370 g/mol. The zero-order valence-electron chi connectivity index (χ0n) is 13.9. The second-order valence-corrected chi connectivity index (χ2v) is 6.52. The molecule has 0 spiro atoms. The molecule has 140 valence electrons. The lowest BCUT2D eigenvalue weighted by atomic mass is 10.1. The summed E-state index contributed by atoms with van der Waals surface area (Å²) in [6.07, 6.45) is -5.11. The number of halogens is 3. The lowest BCUT2D eigenvalue weighted by Crippen LogP contribution is -2.51. The molecule has 0 bridgehead atoms. The molecule has 1 heterocycles. The van der Waals surface area contributed by atoms with Crippen LogP contribution in [-0.2, 0) is 19.1 Å². The molecule has 0 aromatic heterocycles. The van der Waals surface area contributed by atoms with Crippen molar-refractivity contribution in [2.45, 2.75) is 32.0 Å². The first-order valence-corrected chi connectivity index (χ1v) is 8.12. The van der Waals surface area contributed by atoms with Crippen molar-refractivity contribution >= 4 is 29.2 Å². The highest BCUT2D eigenvalue weighted by molar-refractivity contribution is 6.05. The van der Waals surface area contributed by atoms with Gasteiger partial charge in [-0.15, -0.1) is 0 Å². The second-order valence-electron chi connectivity index (χ2n) is 6.52. The van der Waals surface area contributed by atoms with Crippen LogP contribution < -0.4 is 10.2 Å². The first-order chi connectivity index (χ1) is 12.2. The minimum atomic E-state index is -4.82. The molecule has 1 fully saturated rings. The van der Waals surface area contributed by atoms with Gasteiger partial charge in [-0.3, -0.25) is 19.3 Å². The molecule has 9 heteroatoms.